The fraction of sp³-hybridized carbons (Fsp3) is 0.235. The van der Waals surface area contributed by atoms with E-state index in [1.54, 1.807) is 0 Å². The molecule has 3 heterocycles. The summed E-state index contributed by atoms with van der Waals surface area (Å²) in [5.74, 6) is -1.04. The first-order valence-electron chi connectivity index (χ1n) is 13.7. The molecule has 0 radical (unpaired) electrons. The first-order chi connectivity index (χ1) is 20.0. The van der Waals surface area contributed by atoms with Crippen LogP contribution < -0.4 is 0 Å². The fourth-order valence-corrected chi connectivity index (χ4v) is 6.68. The van der Waals surface area contributed by atoms with E-state index in [9.17, 15) is 9.90 Å². The van der Waals surface area contributed by atoms with E-state index in [1.165, 1.54) is 16.9 Å². The number of aryl methyl sites for hydroxylation is 2. The van der Waals surface area contributed by atoms with Gasteiger partial charge in [0.05, 0.1) is 28.1 Å². The molecule has 1 atom stereocenters. The lowest BCUT2D eigenvalue weighted by Crippen LogP contribution is -2.28. The van der Waals surface area contributed by atoms with Gasteiger partial charge in [0.15, 0.2) is 6.10 Å². The van der Waals surface area contributed by atoms with Crippen LogP contribution in [0.3, 0.4) is 0 Å². The largest absolute Gasteiger partial charge is 0.479 e. The number of thiazole rings is 1. The molecule has 42 heavy (non-hydrogen) atoms. The lowest BCUT2D eigenvalue weighted by atomic mass is 9.91. The molecule has 8 heteroatoms. The number of fused-ring (bicyclic) bond motifs is 2. The van der Waals surface area contributed by atoms with Crippen LogP contribution in [0, 0.1) is 13.8 Å². The third-order valence-electron chi connectivity index (χ3n) is 7.28. The first-order valence-corrected chi connectivity index (χ1v) is 14.9. The highest BCUT2D eigenvalue weighted by Crippen LogP contribution is 2.44. The smallest absolute Gasteiger partial charge is 0.337 e. The zero-order chi connectivity index (χ0) is 29.8. The maximum atomic E-state index is 12.6. The molecule has 0 fully saturated rings. The number of benzene rings is 3. The lowest BCUT2D eigenvalue weighted by molar-refractivity contribution is -0.160. The number of ether oxygens (including phenoxy) is 1. The summed E-state index contributed by atoms with van der Waals surface area (Å²) in [5.41, 5.74) is 9.57. The molecule has 5 aromatic rings. The van der Waals surface area contributed by atoms with Crippen LogP contribution >= 0.6 is 22.9 Å². The number of hydrogen-bond acceptors (Lipinski definition) is 6. The molecule has 6 nitrogen and oxygen atoms in total. The normalized spacial score (nSPS) is 13.5. The van der Waals surface area contributed by atoms with Crippen LogP contribution in [0.4, 0.5) is 0 Å². The molecule has 0 aliphatic carbocycles. The summed E-state index contributed by atoms with van der Waals surface area (Å²) >= 11 is 7.77. The molecule has 1 N–H and O–H groups in total. The van der Waals surface area contributed by atoms with Crippen molar-refractivity contribution in [3.63, 3.8) is 0 Å². The summed E-state index contributed by atoms with van der Waals surface area (Å²) in [4.78, 5) is 26.8. The Bertz CT molecular complexity index is 1890. The summed E-state index contributed by atoms with van der Waals surface area (Å²) in [7, 11) is 0. The van der Waals surface area contributed by atoms with Crippen molar-refractivity contribution in [3.8, 4) is 33.0 Å². The van der Waals surface area contributed by atoms with Gasteiger partial charge in [-0.3, -0.25) is 9.98 Å². The minimum atomic E-state index is -1.16. The second kappa shape index (κ2) is 10.7. The van der Waals surface area contributed by atoms with E-state index in [4.69, 9.17) is 26.3 Å². The number of aromatic nitrogens is 2. The van der Waals surface area contributed by atoms with Gasteiger partial charge in [0.2, 0.25) is 0 Å². The molecule has 1 aliphatic heterocycles. The van der Waals surface area contributed by atoms with E-state index in [0.29, 0.717) is 10.6 Å². The molecule has 2 aromatic heterocycles. The van der Waals surface area contributed by atoms with Crippen LogP contribution in [0.25, 0.3) is 43.2 Å². The number of carboxylic acid groups (broad SMARTS) is 1. The van der Waals surface area contributed by atoms with Crippen molar-refractivity contribution in [2.45, 2.75) is 52.9 Å². The number of nitrogens with zero attached hydrogens (tertiary/aromatic N) is 3. The second-order valence-corrected chi connectivity index (χ2v) is 13.0. The van der Waals surface area contributed by atoms with Crippen molar-refractivity contribution < 1.29 is 14.6 Å². The molecule has 0 saturated heterocycles. The van der Waals surface area contributed by atoms with Gasteiger partial charge >= 0.3 is 5.97 Å². The van der Waals surface area contributed by atoms with Crippen molar-refractivity contribution >= 4 is 45.3 Å². The fourth-order valence-electron chi connectivity index (χ4n) is 5.43. The Labute approximate surface area is 253 Å². The minimum absolute atomic E-state index is 0.604. The predicted molar refractivity (Wildman–Crippen MR) is 171 cm³/mol. The van der Waals surface area contributed by atoms with Crippen molar-refractivity contribution in [2.75, 3.05) is 0 Å². The van der Waals surface area contributed by atoms with E-state index in [0.717, 1.165) is 66.4 Å². The van der Waals surface area contributed by atoms with Crippen molar-refractivity contribution in [3.05, 3.63) is 93.6 Å². The third-order valence-corrected chi connectivity index (χ3v) is 8.67. The third kappa shape index (κ3) is 5.36. The average molecular weight is 596 g/mol. The van der Waals surface area contributed by atoms with Crippen LogP contribution in [0.2, 0.25) is 5.02 Å². The quantitative estimate of drug-likeness (QED) is 0.212. The number of halogens is 1. The number of pyridine rings is 1. The Morgan fingerprint density at radius 2 is 1.79 bits per heavy atom. The molecule has 0 saturated carbocycles. The molecule has 0 unspecified atom stereocenters. The summed E-state index contributed by atoms with van der Waals surface area (Å²) in [6, 6.07) is 17.8. The Morgan fingerprint density at radius 1 is 1.02 bits per heavy atom. The average Bonchev–Trinajstić information content (AvgIpc) is 3.57. The Hall–Kier alpha value is -3.91. The first kappa shape index (κ1) is 28.2. The van der Waals surface area contributed by atoms with Crippen LogP contribution in [-0.2, 0) is 16.1 Å². The molecule has 0 amide bonds. The Balaban J connectivity index is 1.54. The minimum Gasteiger partial charge on any atom is -0.479 e. The molecular weight excluding hydrogens is 566 g/mol. The van der Waals surface area contributed by atoms with Gasteiger partial charge in [0.25, 0.3) is 0 Å². The van der Waals surface area contributed by atoms with Gasteiger partial charge in [-0.1, -0.05) is 29.8 Å². The van der Waals surface area contributed by atoms with Crippen LogP contribution in [0.1, 0.15) is 54.7 Å². The van der Waals surface area contributed by atoms with Crippen molar-refractivity contribution in [2.24, 2.45) is 4.99 Å². The van der Waals surface area contributed by atoms with E-state index in [1.807, 2.05) is 76.5 Å². The highest BCUT2D eigenvalue weighted by Gasteiger charge is 2.32. The number of carbonyl (C=O) groups is 1. The summed E-state index contributed by atoms with van der Waals surface area (Å²) < 4.78 is 7.03. The number of carboxylic acids is 1. The monoisotopic (exact) mass is 595 g/mol. The summed E-state index contributed by atoms with van der Waals surface area (Å²) in [5, 5.41) is 11.8. The standard InChI is InChI=1S/C34H30ClN3O3S/c1-18-12-22-16-36-17-23(22)14-25(18)26-15-21(10-11-37-26)32-38-27-13-19(2)28(30(33(39)40)41-34(3,4)5)29(31(27)42-32)20-6-8-24(35)9-7-20/h6-15,17,30H,16H2,1-5H3,(H,39,40)/t30-/m0/s1. The van der Waals surface area contributed by atoms with Gasteiger partial charge in [-0.15, -0.1) is 11.3 Å². The van der Waals surface area contributed by atoms with E-state index in [2.05, 4.69) is 30.1 Å². The lowest BCUT2D eigenvalue weighted by Gasteiger charge is -2.28. The highest BCUT2D eigenvalue weighted by molar-refractivity contribution is 7.22. The molecule has 212 valence electrons. The molecule has 0 bridgehead atoms. The number of hydrogen-bond donors (Lipinski definition) is 1. The second-order valence-electron chi connectivity index (χ2n) is 11.6. The van der Waals surface area contributed by atoms with Gasteiger partial charge in [0.1, 0.15) is 5.01 Å². The zero-order valence-corrected chi connectivity index (χ0v) is 25.6. The maximum Gasteiger partial charge on any atom is 0.337 e. The molecule has 6 rings (SSSR count). The summed E-state index contributed by atoms with van der Waals surface area (Å²) in [6.45, 7) is 10.3. The van der Waals surface area contributed by atoms with E-state index < -0.39 is 17.7 Å². The van der Waals surface area contributed by atoms with Crippen LogP contribution in [0.15, 0.2) is 65.8 Å². The SMILES string of the molecule is Cc1cc2c(cc1-c1cc(-c3nc4cc(C)c([C@H](OC(C)(C)C)C(=O)O)c(-c5ccc(Cl)cc5)c4s3)ccn1)C=NC2. The predicted octanol–water partition coefficient (Wildman–Crippen LogP) is 8.84. The van der Waals surface area contributed by atoms with Gasteiger partial charge in [-0.2, -0.15) is 0 Å². The molecular formula is C34H30ClN3O3S. The van der Waals surface area contributed by atoms with E-state index in [-0.39, 0.29) is 0 Å². The summed E-state index contributed by atoms with van der Waals surface area (Å²) in [6.07, 6.45) is 2.57. The number of rotatable bonds is 6. The van der Waals surface area contributed by atoms with Gasteiger partial charge in [0, 0.05) is 39.7 Å². The van der Waals surface area contributed by atoms with Gasteiger partial charge < -0.3 is 9.84 Å². The van der Waals surface area contributed by atoms with Crippen molar-refractivity contribution in [1.82, 2.24) is 9.97 Å². The number of aliphatic imine (C=N–C) groups is 1. The van der Waals surface area contributed by atoms with Crippen LogP contribution in [0.5, 0.6) is 0 Å². The molecule has 1 aliphatic rings. The zero-order valence-electron chi connectivity index (χ0n) is 24.0. The van der Waals surface area contributed by atoms with Crippen LogP contribution in [-0.4, -0.2) is 32.9 Å². The van der Waals surface area contributed by atoms with E-state index >= 15 is 0 Å². The number of aliphatic carboxylic acids is 1. The van der Waals surface area contributed by atoms with Gasteiger partial charge in [-0.05, 0) is 98.8 Å². The molecule has 0 spiro atoms. The molecule has 3 aromatic carbocycles. The Morgan fingerprint density at radius 3 is 2.50 bits per heavy atom. The Kier molecular flexibility index (Phi) is 7.21. The highest BCUT2D eigenvalue weighted by atomic mass is 35.5. The van der Waals surface area contributed by atoms with Crippen molar-refractivity contribution in [1.29, 1.82) is 0 Å². The van der Waals surface area contributed by atoms with Gasteiger partial charge in [-0.25, -0.2) is 9.78 Å². The topological polar surface area (TPSA) is 84.7 Å². The maximum absolute atomic E-state index is 12.6.